The van der Waals surface area contributed by atoms with Gasteiger partial charge >= 0.3 is 13.6 Å². The van der Waals surface area contributed by atoms with E-state index in [2.05, 4.69) is 41.3 Å². The first-order valence-corrected chi connectivity index (χ1v) is 13.2. The lowest BCUT2D eigenvalue weighted by Gasteiger charge is -2.27. The average Bonchev–Trinajstić information content (AvgIpc) is 3.17. The molecule has 0 fully saturated rings. The van der Waals surface area contributed by atoms with E-state index in [0.717, 1.165) is 18.4 Å². The van der Waals surface area contributed by atoms with Crippen LogP contribution in [0.1, 0.15) is 77.2 Å². The Kier molecular flexibility index (Phi) is 10.3. The summed E-state index contributed by atoms with van der Waals surface area (Å²) in [4.78, 5) is 17.3. The summed E-state index contributed by atoms with van der Waals surface area (Å²) in [6.07, 6.45) is 3.78. The molecule has 0 spiro atoms. The van der Waals surface area contributed by atoms with Crippen molar-refractivity contribution in [3.05, 3.63) is 47.1 Å². The molecule has 9 heteroatoms. The van der Waals surface area contributed by atoms with Gasteiger partial charge in [0.15, 0.2) is 11.5 Å². The van der Waals surface area contributed by atoms with Crippen molar-refractivity contribution in [2.24, 2.45) is 0 Å². The molecule has 8 nitrogen and oxygen atoms in total. The van der Waals surface area contributed by atoms with Crippen LogP contribution < -0.4 is 0 Å². The molecule has 33 heavy (non-hydrogen) atoms. The number of unbranched alkanes of at least 4 members (excludes halogenated alkanes) is 1. The number of hydrogen-bond donors (Lipinski definition) is 0. The van der Waals surface area contributed by atoms with Crippen LogP contribution in [0.15, 0.2) is 28.8 Å². The van der Waals surface area contributed by atoms with Crippen LogP contribution in [0, 0.1) is 0 Å². The third kappa shape index (κ3) is 8.69. The molecule has 1 unspecified atom stereocenters. The first-order valence-electron chi connectivity index (χ1n) is 11.6. The van der Waals surface area contributed by atoms with Crippen LogP contribution >= 0.6 is 7.60 Å². The minimum Gasteiger partial charge on any atom is -0.459 e. The third-order valence-corrected chi connectivity index (χ3v) is 7.15. The van der Waals surface area contributed by atoms with Crippen LogP contribution in [0.2, 0.25) is 0 Å². The number of nitrogens with zero attached hydrogens (tertiary/aromatic N) is 2. The van der Waals surface area contributed by atoms with Crippen molar-refractivity contribution in [3.8, 4) is 0 Å². The van der Waals surface area contributed by atoms with E-state index in [-0.39, 0.29) is 25.5 Å². The number of rotatable bonds is 13. The summed E-state index contributed by atoms with van der Waals surface area (Å²) in [7, 11) is -3.81. The maximum Gasteiger partial charge on any atom is 0.345 e. The van der Waals surface area contributed by atoms with Crippen molar-refractivity contribution < 1.29 is 27.7 Å². The van der Waals surface area contributed by atoms with Gasteiger partial charge in [-0.15, -0.1) is 0 Å². The highest BCUT2D eigenvalue weighted by atomic mass is 31.2. The van der Waals surface area contributed by atoms with E-state index in [0.29, 0.717) is 12.2 Å². The molecular weight excluding hydrogens is 443 g/mol. The van der Waals surface area contributed by atoms with Gasteiger partial charge in [-0.2, -0.15) is 4.98 Å². The maximum absolute atomic E-state index is 13.4. The zero-order valence-electron chi connectivity index (χ0n) is 20.6. The fourth-order valence-corrected chi connectivity index (χ4v) is 5.11. The van der Waals surface area contributed by atoms with E-state index in [4.69, 9.17) is 18.3 Å². The monoisotopic (exact) mass is 480 g/mol. The summed E-state index contributed by atoms with van der Waals surface area (Å²) < 4.78 is 35.1. The minimum absolute atomic E-state index is 0.102. The largest absolute Gasteiger partial charge is 0.459 e. The fourth-order valence-electron chi connectivity index (χ4n) is 3.27. The number of hydrogen-bond acceptors (Lipinski definition) is 8. The Morgan fingerprint density at radius 1 is 1.06 bits per heavy atom. The van der Waals surface area contributed by atoms with Crippen LogP contribution in [0.25, 0.3) is 0 Å². The summed E-state index contributed by atoms with van der Waals surface area (Å²) >= 11 is 0. The zero-order chi connectivity index (χ0) is 24.5. The van der Waals surface area contributed by atoms with E-state index in [1.807, 2.05) is 0 Å². The van der Waals surface area contributed by atoms with Crippen molar-refractivity contribution in [2.75, 3.05) is 13.2 Å². The molecule has 0 N–H and O–H groups in total. The van der Waals surface area contributed by atoms with E-state index >= 15 is 0 Å². The van der Waals surface area contributed by atoms with Gasteiger partial charge in [-0.05, 0) is 58.6 Å². The molecule has 1 heterocycles. The SMILES string of the molecule is CCCCc1ccc(Cc2noc(CC(C(=O)OC(C)(C)C)P(=O)(OCC)OCC)n2)cc1. The van der Waals surface area contributed by atoms with Gasteiger partial charge in [0.25, 0.3) is 0 Å². The van der Waals surface area contributed by atoms with Gasteiger partial charge in [0.1, 0.15) is 5.60 Å². The highest BCUT2D eigenvalue weighted by Crippen LogP contribution is 2.54. The topological polar surface area (TPSA) is 101 Å². The Morgan fingerprint density at radius 3 is 2.21 bits per heavy atom. The third-order valence-electron chi connectivity index (χ3n) is 4.76. The molecule has 0 radical (unpaired) electrons. The highest BCUT2D eigenvalue weighted by Gasteiger charge is 2.44. The van der Waals surface area contributed by atoms with Crippen molar-refractivity contribution in [2.45, 2.75) is 84.9 Å². The fraction of sp³-hybridized carbons (Fsp3) is 0.625. The number of benzene rings is 1. The zero-order valence-corrected chi connectivity index (χ0v) is 21.5. The maximum atomic E-state index is 13.4. The predicted octanol–water partition coefficient (Wildman–Crippen LogP) is 5.52. The normalized spacial score (nSPS) is 13.2. The Morgan fingerprint density at radius 2 is 1.67 bits per heavy atom. The summed E-state index contributed by atoms with van der Waals surface area (Å²) in [6, 6.07) is 8.35. The number of carbonyl (C=O) groups excluding carboxylic acids is 1. The van der Waals surface area contributed by atoms with Crippen LogP contribution in [0.4, 0.5) is 0 Å². The number of aromatic nitrogens is 2. The molecule has 184 valence electrons. The lowest BCUT2D eigenvalue weighted by atomic mass is 10.0. The smallest absolute Gasteiger partial charge is 0.345 e. The lowest BCUT2D eigenvalue weighted by molar-refractivity contribution is -0.154. The molecular formula is C24H37N2O6P. The molecule has 0 saturated carbocycles. The first kappa shape index (κ1) is 27.2. The van der Waals surface area contributed by atoms with Crippen molar-refractivity contribution in [3.63, 3.8) is 0 Å². The minimum atomic E-state index is -3.81. The molecule has 1 aromatic carbocycles. The Bertz CT molecular complexity index is 910. The highest BCUT2D eigenvalue weighted by molar-refractivity contribution is 7.55. The van der Waals surface area contributed by atoms with Gasteiger partial charge in [-0.25, -0.2) is 0 Å². The molecule has 0 aliphatic carbocycles. The van der Waals surface area contributed by atoms with Gasteiger partial charge in [0, 0.05) is 6.42 Å². The quantitative estimate of drug-likeness (QED) is 0.273. The number of ether oxygens (including phenoxy) is 1. The number of aryl methyl sites for hydroxylation is 1. The Balaban J connectivity index is 2.18. The van der Waals surface area contributed by atoms with Crippen LogP contribution in [-0.2, 0) is 42.4 Å². The van der Waals surface area contributed by atoms with Gasteiger partial charge in [-0.1, -0.05) is 42.8 Å². The van der Waals surface area contributed by atoms with Gasteiger partial charge < -0.3 is 18.3 Å². The Labute approximate surface area is 196 Å². The van der Waals surface area contributed by atoms with E-state index in [9.17, 15) is 9.36 Å². The average molecular weight is 481 g/mol. The molecule has 0 bridgehead atoms. The van der Waals surface area contributed by atoms with E-state index < -0.39 is 24.8 Å². The second-order valence-corrected chi connectivity index (χ2v) is 11.0. The molecule has 0 aliphatic rings. The molecule has 0 saturated heterocycles. The summed E-state index contributed by atoms with van der Waals surface area (Å²) in [5.74, 6) is -0.0212. The second-order valence-electron chi connectivity index (χ2n) is 8.83. The van der Waals surface area contributed by atoms with E-state index in [1.54, 1.807) is 34.6 Å². The summed E-state index contributed by atoms with van der Waals surface area (Å²) in [6.45, 7) is 11.0. The first-order chi connectivity index (χ1) is 15.6. The molecule has 1 atom stereocenters. The predicted molar refractivity (Wildman–Crippen MR) is 126 cm³/mol. The van der Waals surface area contributed by atoms with Gasteiger partial charge in [-0.3, -0.25) is 9.36 Å². The molecule has 0 aliphatic heterocycles. The Hall–Kier alpha value is -2.02. The lowest BCUT2D eigenvalue weighted by Crippen LogP contribution is -2.34. The molecule has 0 amide bonds. The molecule has 2 aromatic rings. The van der Waals surface area contributed by atoms with Crippen LogP contribution in [0.3, 0.4) is 0 Å². The molecule has 1 aromatic heterocycles. The van der Waals surface area contributed by atoms with Crippen molar-refractivity contribution in [1.82, 2.24) is 10.1 Å². The standard InChI is InChI=1S/C24H37N2O6P/c1-7-10-11-18-12-14-19(15-13-18)16-21-25-22(32-26-21)17-20(23(27)31-24(4,5)6)33(28,29-8-2)30-9-3/h12-15,20H,7-11,16-17H2,1-6H3. The summed E-state index contributed by atoms with van der Waals surface area (Å²) in [5.41, 5.74) is 0.391. The second kappa shape index (κ2) is 12.4. The van der Waals surface area contributed by atoms with Crippen molar-refractivity contribution in [1.29, 1.82) is 0 Å². The van der Waals surface area contributed by atoms with E-state index in [1.165, 1.54) is 12.0 Å². The number of carbonyl (C=O) groups is 1. The number of esters is 1. The van der Waals surface area contributed by atoms with Gasteiger partial charge in [0.05, 0.1) is 19.6 Å². The van der Waals surface area contributed by atoms with Gasteiger partial charge in [0.2, 0.25) is 5.89 Å². The summed E-state index contributed by atoms with van der Waals surface area (Å²) in [5, 5.41) is 4.03. The van der Waals surface area contributed by atoms with Crippen molar-refractivity contribution >= 4 is 13.6 Å². The molecule has 2 rings (SSSR count). The van der Waals surface area contributed by atoms with Crippen LogP contribution in [0.5, 0.6) is 0 Å². The van der Waals surface area contributed by atoms with Crippen LogP contribution in [-0.4, -0.2) is 40.6 Å².